The number of carboxylic acids is 1. The van der Waals surface area contributed by atoms with Crippen LogP contribution in [0.2, 0.25) is 0 Å². The van der Waals surface area contributed by atoms with E-state index in [0.29, 0.717) is 58.6 Å². The fourth-order valence-electron chi connectivity index (χ4n) is 3.85. The highest BCUT2D eigenvalue weighted by Gasteiger charge is 2.25. The lowest BCUT2D eigenvalue weighted by atomic mass is 10.1. The number of fused-ring (bicyclic) bond motifs is 2. The van der Waals surface area contributed by atoms with E-state index in [1.165, 1.54) is 0 Å². The van der Waals surface area contributed by atoms with Gasteiger partial charge in [0.25, 0.3) is 5.56 Å². The summed E-state index contributed by atoms with van der Waals surface area (Å²) >= 11 is 1.05. The molecule has 3 aromatic rings. The maximum absolute atomic E-state index is 13.0. The maximum Gasteiger partial charge on any atom is 0.346 e. The van der Waals surface area contributed by atoms with Crippen LogP contribution in [0, 0.1) is 12.8 Å². The summed E-state index contributed by atoms with van der Waals surface area (Å²) in [4.78, 5) is 29.8. The van der Waals surface area contributed by atoms with Gasteiger partial charge in [-0.05, 0) is 60.6 Å². The second-order valence-electron chi connectivity index (χ2n) is 8.29. The van der Waals surface area contributed by atoms with Gasteiger partial charge >= 0.3 is 5.97 Å². The summed E-state index contributed by atoms with van der Waals surface area (Å²) in [5.74, 6) is 1.48. The van der Waals surface area contributed by atoms with Gasteiger partial charge in [-0.25, -0.2) is 9.78 Å². The van der Waals surface area contributed by atoms with Gasteiger partial charge in [0.1, 0.15) is 15.5 Å². The Kier molecular flexibility index (Phi) is 6.06. The molecule has 32 heavy (non-hydrogen) atoms. The average Bonchev–Trinajstić information content (AvgIpc) is 3.30. The predicted molar refractivity (Wildman–Crippen MR) is 126 cm³/mol. The molecule has 0 spiro atoms. The zero-order valence-corrected chi connectivity index (χ0v) is 19.4. The third-order valence-electron chi connectivity index (χ3n) is 5.62. The molecule has 1 N–H and O–H groups in total. The first-order valence-corrected chi connectivity index (χ1v) is 11.4. The smallest absolute Gasteiger partial charge is 0.346 e. The third kappa shape index (κ3) is 4.02. The van der Waals surface area contributed by atoms with Crippen LogP contribution in [0.1, 0.15) is 53.3 Å². The number of carbonyl (C=O) groups is 1. The molecule has 7 nitrogen and oxygen atoms in total. The molecule has 2 aromatic heterocycles. The van der Waals surface area contributed by atoms with Gasteiger partial charge in [0, 0.05) is 6.54 Å². The lowest BCUT2D eigenvalue weighted by Gasteiger charge is -2.12. The molecule has 4 rings (SSSR count). The van der Waals surface area contributed by atoms with Crippen molar-refractivity contribution >= 4 is 39.2 Å². The van der Waals surface area contributed by atoms with E-state index in [1.54, 1.807) is 18.6 Å². The molecule has 168 valence electrons. The molecule has 0 aliphatic carbocycles. The summed E-state index contributed by atoms with van der Waals surface area (Å²) in [5.41, 5.74) is 2.16. The summed E-state index contributed by atoms with van der Waals surface area (Å²) in [7, 11) is 1.61. The largest absolute Gasteiger partial charge is 0.493 e. The van der Waals surface area contributed by atoms with Crippen LogP contribution >= 0.6 is 11.3 Å². The number of aromatic carboxylic acids is 1. The van der Waals surface area contributed by atoms with E-state index in [1.807, 2.05) is 24.3 Å². The minimum Gasteiger partial charge on any atom is -0.493 e. The number of methoxy groups -OCH3 is 1. The molecule has 3 heterocycles. The topological polar surface area (TPSA) is 90.7 Å². The summed E-state index contributed by atoms with van der Waals surface area (Å²) in [6.07, 6.45) is 3.64. The number of ether oxygens (including phenoxy) is 2. The molecule has 0 amide bonds. The zero-order valence-electron chi connectivity index (χ0n) is 18.6. The van der Waals surface area contributed by atoms with E-state index in [9.17, 15) is 14.7 Å². The molecule has 1 aliphatic rings. The van der Waals surface area contributed by atoms with Crippen LogP contribution in [0.5, 0.6) is 11.5 Å². The average molecular weight is 455 g/mol. The summed E-state index contributed by atoms with van der Waals surface area (Å²) in [5, 5.41) is 9.81. The predicted octanol–water partition coefficient (Wildman–Crippen LogP) is 4.84. The Labute approximate surface area is 189 Å². The second kappa shape index (κ2) is 8.78. The Balaban J connectivity index is 1.69. The van der Waals surface area contributed by atoms with Crippen molar-refractivity contribution in [3.8, 4) is 11.5 Å². The van der Waals surface area contributed by atoms with Gasteiger partial charge in [-0.1, -0.05) is 19.9 Å². The number of benzene rings is 1. The molecule has 0 fully saturated rings. The first kappa shape index (κ1) is 22.1. The molecule has 0 saturated heterocycles. The van der Waals surface area contributed by atoms with Crippen LogP contribution in [0.3, 0.4) is 0 Å². The van der Waals surface area contributed by atoms with E-state index in [0.717, 1.165) is 28.9 Å². The van der Waals surface area contributed by atoms with Crippen molar-refractivity contribution in [3.63, 3.8) is 0 Å². The highest BCUT2D eigenvalue weighted by Crippen LogP contribution is 2.34. The van der Waals surface area contributed by atoms with Crippen molar-refractivity contribution in [1.29, 1.82) is 0 Å². The Morgan fingerprint density at radius 3 is 2.81 bits per heavy atom. The lowest BCUT2D eigenvalue weighted by Crippen LogP contribution is -2.20. The van der Waals surface area contributed by atoms with Crippen molar-refractivity contribution in [2.75, 3.05) is 13.7 Å². The van der Waals surface area contributed by atoms with E-state index < -0.39 is 5.97 Å². The highest BCUT2D eigenvalue weighted by molar-refractivity contribution is 7.20. The second-order valence-corrected chi connectivity index (χ2v) is 9.29. The molecule has 0 saturated carbocycles. The fourth-order valence-corrected chi connectivity index (χ4v) is 4.86. The van der Waals surface area contributed by atoms with Gasteiger partial charge in [-0.3, -0.25) is 9.36 Å². The molecule has 0 bridgehead atoms. The molecule has 0 atom stereocenters. The van der Waals surface area contributed by atoms with Gasteiger partial charge < -0.3 is 14.6 Å². The Hall–Kier alpha value is -3.13. The molecule has 8 heteroatoms. The van der Waals surface area contributed by atoms with Crippen LogP contribution in [-0.2, 0) is 6.54 Å². The number of aromatic nitrogens is 2. The number of carboxylic acid groups (broad SMARTS) is 1. The SMILES string of the molecule is COc1cc(/C=C2/CCn3c2nc2sc(C(=O)O)c(C)c2c3=O)ccc1OCCC(C)C. The fraction of sp³-hybridized carbons (Fsp3) is 0.375. The first-order valence-electron chi connectivity index (χ1n) is 10.6. The van der Waals surface area contributed by atoms with E-state index in [2.05, 4.69) is 18.8 Å². The van der Waals surface area contributed by atoms with Crippen molar-refractivity contribution in [2.24, 2.45) is 5.92 Å². The number of hydrogen-bond donors (Lipinski definition) is 1. The van der Waals surface area contributed by atoms with Crippen molar-refractivity contribution in [1.82, 2.24) is 9.55 Å². The van der Waals surface area contributed by atoms with Gasteiger partial charge in [0.2, 0.25) is 0 Å². The maximum atomic E-state index is 13.0. The van der Waals surface area contributed by atoms with E-state index in [4.69, 9.17) is 9.47 Å². The first-order chi connectivity index (χ1) is 15.3. The minimum atomic E-state index is -1.03. The molecular formula is C24H26N2O5S. The normalized spacial score (nSPS) is 14.3. The Morgan fingerprint density at radius 2 is 2.12 bits per heavy atom. The summed E-state index contributed by atoms with van der Waals surface area (Å²) in [6, 6.07) is 5.76. The number of nitrogens with zero attached hydrogens (tertiary/aromatic N) is 2. The lowest BCUT2D eigenvalue weighted by molar-refractivity contribution is 0.0701. The number of aryl methyl sites for hydroxylation is 1. The third-order valence-corrected chi connectivity index (χ3v) is 6.79. The molecular weight excluding hydrogens is 428 g/mol. The van der Waals surface area contributed by atoms with Crippen LogP contribution in [0.25, 0.3) is 21.9 Å². The van der Waals surface area contributed by atoms with Crippen LogP contribution < -0.4 is 15.0 Å². The van der Waals surface area contributed by atoms with E-state index in [-0.39, 0.29) is 10.4 Å². The van der Waals surface area contributed by atoms with Crippen molar-refractivity contribution in [3.05, 3.63) is 50.4 Å². The van der Waals surface area contributed by atoms with Gasteiger partial charge in [0.15, 0.2) is 11.5 Å². The monoisotopic (exact) mass is 454 g/mol. The Bertz CT molecular complexity index is 1290. The zero-order chi connectivity index (χ0) is 23.0. The van der Waals surface area contributed by atoms with E-state index >= 15 is 0 Å². The van der Waals surface area contributed by atoms with Gasteiger partial charge in [0.05, 0.1) is 19.1 Å². The number of allylic oxidation sites excluding steroid dienone is 1. The Morgan fingerprint density at radius 1 is 1.34 bits per heavy atom. The number of hydrogen-bond acceptors (Lipinski definition) is 6. The quantitative estimate of drug-likeness (QED) is 0.549. The number of rotatable bonds is 7. The number of thiophene rings is 1. The van der Waals surface area contributed by atoms with Crippen molar-refractivity contribution in [2.45, 2.75) is 40.2 Å². The van der Waals surface area contributed by atoms with Gasteiger partial charge in [-0.15, -0.1) is 11.3 Å². The highest BCUT2D eigenvalue weighted by atomic mass is 32.1. The van der Waals surface area contributed by atoms with Crippen LogP contribution in [0.4, 0.5) is 0 Å². The molecule has 0 radical (unpaired) electrons. The van der Waals surface area contributed by atoms with Crippen LogP contribution in [-0.4, -0.2) is 34.3 Å². The van der Waals surface area contributed by atoms with Crippen LogP contribution in [0.15, 0.2) is 23.0 Å². The van der Waals surface area contributed by atoms with Gasteiger partial charge in [-0.2, -0.15) is 0 Å². The summed E-state index contributed by atoms with van der Waals surface area (Å²) < 4.78 is 13.0. The molecule has 1 aliphatic heterocycles. The molecule has 0 unspecified atom stereocenters. The standard InChI is InChI=1S/C24H26N2O5S/c1-13(2)8-10-31-17-6-5-15(12-18(17)30-4)11-16-7-9-26-21(16)25-22-19(23(26)27)14(3)20(32-22)24(28)29/h5-6,11-13H,7-10H2,1-4H3,(H,28,29)/b16-11-. The van der Waals surface area contributed by atoms with Crippen molar-refractivity contribution < 1.29 is 19.4 Å². The molecule has 1 aromatic carbocycles. The summed E-state index contributed by atoms with van der Waals surface area (Å²) in [6.45, 7) is 7.13. The minimum absolute atomic E-state index is 0.164.